The van der Waals surface area contributed by atoms with E-state index in [9.17, 15) is 36.3 Å². The third-order valence-electron chi connectivity index (χ3n) is 7.54. The lowest BCUT2D eigenvalue weighted by molar-refractivity contribution is -0.137. The third-order valence-corrected chi connectivity index (χ3v) is 7.54. The molecule has 42 heavy (non-hydrogen) atoms. The molecule has 2 saturated heterocycles. The zero-order valence-corrected chi connectivity index (χ0v) is 22.3. The maximum absolute atomic E-state index is 13.5. The minimum absolute atomic E-state index is 0.0906. The second-order valence-electron chi connectivity index (χ2n) is 10.3. The smallest absolute Gasteiger partial charge is 0.349 e. The fourth-order valence-corrected chi connectivity index (χ4v) is 5.28. The summed E-state index contributed by atoms with van der Waals surface area (Å²) in [6.07, 6.45) is -3.73. The predicted molar refractivity (Wildman–Crippen MR) is 143 cm³/mol. The van der Waals surface area contributed by atoms with Crippen LogP contribution in [0.4, 0.5) is 22.0 Å². The summed E-state index contributed by atoms with van der Waals surface area (Å²) >= 11 is 0. The Hall–Kier alpha value is -4.55. The Labute approximate surface area is 237 Å². The van der Waals surface area contributed by atoms with E-state index in [1.54, 1.807) is 22.9 Å². The van der Waals surface area contributed by atoms with Crippen molar-refractivity contribution in [2.24, 2.45) is 0 Å². The van der Waals surface area contributed by atoms with Gasteiger partial charge >= 0.3 is 6.18 Å². The Kier molecular flexibility index (Phi) is 7.60. The van der Waals surface area contributed by atoms with E-state index in [1.807, 2.05) is 0 Å². The Morgan fingerprint density at radius 3 is 2.05 bits per heavy atom. The van der Waals surface area contributed by atoms with Gasteiger partial charge in [-0.2, -0.15) is 18.3 Å². The molecule has 2 aliphatic heterocycles. The van der Waals surface area contributed by atoms with Crippen LogP contribution in [0.25, 0.3) is 22.2 Å². The molecule has 5 rings (SSSR count). The molecule has 3 amide bonds. The maximum atomic E-state index is 13.5. The summed E-state index contributed by atoms with van der Waals surface area (Å²) in [5.41, 5.74) is 0.556. The van der Waals surface area contributed by atoms with Crippen molar-refractivity contribution in [2.75, 3.05) is 26.2 Å². The Morgan fingerprint density at radius 2 is 1.48 bits per heavy atom. The van der Waals surface area contributed by atoms with E-state index in [0.717, 1.165) is 12.1 Å². The van der Waals surface area contributed by atoms with Crippen LogP contribution in [0.1, 0.15) is 34.8 Å². The molecule has 1 aromatic heterocycles. The molecule has 2 fully saturated rings. The number of hydrogen-bond acceptors (Lipinski definition) is 4. The number of nitrogens with one attached hydrogen (secondary N) is 1. The molecular formula is C29H26F5N5O3. The molecule has 220 valence electrons. The number of alkyl halides is 3. The van der Waals surface area contributed by atoms with Crippen LogP contribution in [0.15, 0.2) is 67.3 Å². The Balaban J connectivity index is 1.47. The van der Waals surface area contributed by atoms with Crippen LogP contribution in [-0.4, -0.2) is 69.5 Å². The van der Waals surface area contributed by atoms with Gasteiger partial charge in [0.05, 0.1) is 22.7 Å². The molecule has 0 saturated carbocycles. The zero-order chi connectivity index (χ0) is 30.3. The summed E-state index contributed by atoms with van der Waals surface area (Å²) in [4.78, 5) is 40.0. The Morgan fingerprint density at radius 1 is 0.881 bits per heavy atom. The molecule has 2 aromatic carbocycles. The fourth-order valence-electron chi connectivity index (χ4n) is 5.28. The first kappa shape index (κ1) is 29.0. The molecule has 0 spiro atoms. The zero-order valence-electron chi connectivity index (χ0n) is 22.3. The first-order valence-corrected chi connectivity index (χ1v) is 13.1. The first-order chi connectivity index (χ1) is 19.8. The highest BCUT2D eigenvalue weighted by molar-refractivity contribution is 6.09. The lowest BCUT2D eigenvalue weighted by Crippen LogP contribution is -2.51. The van der Waals surface area contributed by atoms with Crippen molar-refractivity contribution in [3.63, 3.8) is 0 Å². The monoisotopic (exact) mass is 587 g/mol. The highest BCUT2D eigenvalue weighted by atomic mass is 19.4. The molecule has 3 heterocycles. The third kappa shape index (κ3) is 5.50. The normalized spacial score (nSPS) is 16.3. The van der Waals surface area contributed by atoms with Gasteiger partial charge in [-0.1, -0.05) is 37.4 Å². The predicted octanol–water partition coefficient (Wildman–Crippen LogP) is 4.79. The molecule has 13 heteroatoms. The van der Waals surface area contributed by atoms with Gasteiger partial charge in [0.15, 0.2) is 11.7 Å². The van der Waals surface area contributed by atoms with Gasteiger partial charge in [0.2, 0.25) is 0 Å². The van der Waals surface area contributed by atoms with Gasteiger partial charge in [-0.25, -0.2) is 8.78 Å². The molecular weight excluding hydrogens is 561 g/mol. The average Bonchev–Trinajstić information content (AvgIpc) is 3.31. The van der Waals surface area contributed by atoms with Gasteiger partial charge in [0.25, 0.3) is 17.7 Å². The van der Waals surface area contributed by atoms with Gasteiger partial charge in [-0.3, -0.25) is 19.1 Å². The summed E-state index contributed by atoms with van der Waals surface area (Å²) in [5, 5.41) is 8.11. The Bertz CT molecular complexity index is 1580. The fraction of sp³-hybridized carbons (Fsp3) is 0.310. The molecule has 3 aromatic rings. The van der Waals surface area contributed by atoms with Crippen molar-refractivity contribution in [1.29, 1.82) is 0 Å². The molecule has 0 aliphatic carbocycles. The second kappa shape index (κ2) is 11.0. The van der Waals surface area contributed by atoms with Crippen LogP contribution in [0.5, 0.6) is 0 Å². The van der Waals surface area contributed by atoms with Crippen molar-refractivity contribution in [1.82, 2.24) is 24.9 Å². The number of halogens is 5. The highest BCUT2D eigenvalue weighted by Crippen LogP contribution is 2.36. The molecule has 0 unspecified atom stereocenters. The lowest BCUT2D eigenvalue weighted by atomic mass is 10.0. The second-order valence-corrected chi connectivity index (χ2v) is 10.3. The summed E-state index contributed by atoms with van der Waals surface area (Å²) in [5.74, 6) is -4.23. The molecule has 2 aliphatic rings. The number of carbonyl (C=O) groups excluding carboxylic acids is 3. The van der Waals surface area contributed by atoms with E-state index >= 15 is 0 Å². The summed E-state index contributed by atoms with van der Waals surface area (Å²) < 4.78 is 67.7. The molecule has 0 atom stereocenters. The van der Waals surface area contributed by atoms with Crippen molar-refractivity contribution < 1.29 is 36.3 Å². The largest absolute Gasteiger partial charge is 0.416 e. The molecule has 0 radical (unpaired) electrons. The minimum atomic E-state index is -4.52. The SMILES string of the molecule is C=C(F)C(=O)N1CCC(NC(=O)c2cccc3c(-c4ccc(C(F)(F)F)cc4)nn(C4CN(C(=O)C(=C)F)C4)c23)CC1. The lowest BCUT2D eigenvalue weighted by Gasteiger charge is -2.39. The van der Waals surface area contributed by atoms with E-state index in [1.165, 1.54) is 21.9 Å². The first-order valence-electron chi connectivity index (χ1n) is 13.1. The topological polar surface area (TPSA) is 87.5 Å². The maximum Gasteiger partial charge on any atom is 0.416 e. The van der Waals surface area contributed by atoms with Gasteiger partial charge in [-0.15, -0.1) is 0 Å². The van der Waals surface area contributed by atoms with E-state index in [0.29, 0.717) is 35.0 Å². The number of hydrogen-bond donors (Lipinski definition) is 1. The summed E-state index contributed by atoms with van der Waals surface area (Å²) in [6, 6.07) is 8.67. The van der Waals surface area contributed by atoms with Crippen molar-refractivity contribution >= 4 is 28.6 Å². The van der Waals surface area contributed by atoms with E-state index in [2.05, 4.69) is 23.6 Å². The number of likely N-dealkylation sites (tertiary alicyclic amines) is 2. The number of fused-ring (bicyclic) bond motifs is 1. The number of benzene rings is 2. The van der Waals surface area contributed by atoms with Crippen LogP contribution in [0.3, 0.4) is 0 Å². The van der Waals surface area contributed by atoms with E-state index in [-0.39, 0.29) is 37.8 Å². The van der Waals surface area contributed by atoms with Crippen molar-refractivity contribution in [3.05, 3.63) is 78.4 Å². The van der Waals surface area contributed by atoms with Gasteiger partial charge < -0.3 is 15.1 Å². The van der Waals surface area contributed by atoms with Crippen LogP contribution < -0.4 is 5.32 Å². The van der Waals surface area contributed by atoms with Gasteiger partial charge in [-0.05, 0) is 31.0 Å². The summed E-state index contributed by atoms with van der Waals surface area (Å²) in [6.45, 7) is 6.71. The van der Waals surface area contributed by atoms with Crippen LogP contribution in [-0.2, 0) is 15.8 Å². The number of rotatable bonds is 6. The number of nitrogens with zero attached hydrogens (tertiary/aromatic N) is 4. The number of amides is 3. The number of carbonyl (C=O) groups is 3. The van der Waals surface area contributed by atoms with Crippen LogP contribution >= 0.6 is 0 Å². The summed E-state index contributed by atoms with van der Waals surface area (Å²) in [7, 11) is 0. The number of para-hydroxylation sites is 1. The number of aromatic nitrogens is 2. The average molecular weight is 588 g/mol. The standard InChI is InChI=1S/C29H26F5N5O3/c1-16(30)27(41)37-12-10-20(11-13-37)35-26(40)23-5-3-4-22-24(18-6-8-19(9-7-18)29(32,33)34)36-39(25(22)23)21-14-38(15-21)28(42)17(2)31/h3-9,20-21H,1-2,10-15H2,(H,35,40). The van der Waals surface area contributed by atoms with E-state index in [4.69, 9.17) is 0 Å². The highest BCUT2D eigenvalue weighted by Gasteiger charge is 2.36. The van der Waals surface area contributed by atoms with Crippen LogP contribution in [0.2, 0.25) is 0 Å². The number of piperidine rings is 1. The van der Waals surface area contributed by atoms with Crippen LogP contribution in [0, 0.1) is 0 Å². The molecule has 0 bridgehead atoms. The quantitative estimate of drug-likeness (QED) is 0.332. The van der Waals surface area contributed by atoms with Gasteiger partial charge in [0, 0.05) is 43.2 Å². The van der Waals surface area contributed by atoms with Gasteiger partial charge in [0.1, 0.15) is 5.69 Å². The minimum Gasteiger partial charge on any atom is -0.349 e. The molecule has 1 N–H and O–H groups in total. The van der Waals surface area contributed by atoms with Crippen molar-refractivity contribution in [3.8, 4) is 11.3 Å². The molecule has 8 nitrogen and oxygen atoms in total. The van der Waals surface area contributed by atoms with E-state index < -0.39 is 47.2 Å². The van der Waals surface area contributed by atoms with Crippen molar-refractivity contribution in [2.45, 2.75) is 31.1 Å².